The number of benzene rings is 2. The molecule has 0 radical (unpaired) electrons. The third-order valence-electron chi connectivity index (χ3n) is 5.33. The second-order valence-electron chi connectivity index (χ2n) is 7.88. The van der Waals surface area contributed by atoms with Crippen molar-refractivity contribution >= 4 is 21.9 Å². The maximum atomic E-state index is 13.0. The largest absolute Gasteiger partial charge is 0.481 e. The summed E-state index contributed by atoms with van der Waals surface area (Å²) >= 11 is 0. The van der Waals surface area contributed by atoms with E-state index in [2.05, 4.69) is 0 Å². The molecule has 1 amide bonds. The fourth-order valence-electron chi connectivity index (χ4n) is 3.68. The fourth-order valence-corrected chi connectivity index (χ4v) is 5.25. The Labute approximate surface area is 189 Å². The number of aryl methyl sites for hydroxylation is 1. The van der Waals surface area contributed by atoms with Crippen molar-refractivity contribution in [2.75, 3.05) is 26.2 Å². The average Bonchev–Trinajstić information content (AvgIpc) is 2.72. The van der Waals surface area contributed by atoms with Gasteiger partial charge in [0.25, 0.3) is 0 Å². The second-order valence-corrected chi connectivity index (χ2v) is 9.82. The first kappa shape index (κ1) is 24.7. The number of alkyl halides is 3. The first-order valence-corrected chi connectivity index (χ1v) is 11.6. The molecule has 0 unspecified atom stereocenters. The molecule has 0 spiro atoms. The van der Waals surface area contributed by atoms with E-state index >= 15 is 0 Å². The molecule has 11 heteroatoms. The van der Waals surface area contributed by atoms with Gasteiger partial charge in [-0.25, -0.2) is 8.42 Å². The van der Waals surface area contributed by atoms with Crippen LogP contribution < -0.4 is 0 Å². The molecular formula is C22H23F3N2O5S. The lowest BCUT2D eigenvalue weighted by atomic mass is 10.1. The van der Waals surface area contributed by atoms with Crippen LogP contribution in [-0.4, -0.2) is 60.8 Å². The smallest absolute Gasteiger partial charge is 0.416 e. The minimum absolute atomic E-state index is 0.00304. The summed E-state index contributed by atoms with van der Waals surface area (Å²) < 4.78 is 65.3. The van der Waals surface area contributed by atoms with Crippen molar-refractivity contribution in [3.8, 4) is 0 Å². The Balaban J connectivity index is 1.63. The Bertz CT molecular complexity index is 1140. The van der Waals surface area contributed by atoms with Gasteiger partial charge in [-0.2, -0.15) is 17.5 Å². The number of halogens is 3. The number of aliphatic carboxylic acids is 1. The number of piperazine rings is 1. The molecule has 2 aromatic carbocycles. The molecule has 0 aromatic heterocycles. The van der Waals surface area contributed by atoms with Crippen molar-refractivity contribution in [1.82, 2.24) is 9.21 Å². The molecule has 2 aromatic rings. The van der Waals surface area contributed by atoms with Crippen LogP contribution in [0.5, 0.6) is 0 Å². The zero-order valence-electron chi connectivity index (χ0n) is 17.8. The molecule has 1 fully saturated rings. The summed E-state index contributed by atoms with van der Waals surface area (Å²) in [7, 11) is -3.87. The quantitative estimate of drug-likeness (QED) is 0.681. The van der Waals surface area contributed by atoms with Crippen LogP contribution >= 0.6 is 0 Å². The number of carboxylic acids is 1. The van der Waals surface area contributed by atoms with Crippen molar-refractivity contribution in [2.24, 2.45) is 0 Å². The molecule has 0 bridgehead atoms. The molecule has 1 aliphatic heterocycles. The summed E-state index contributed by atoms with van der Waals surface area (Å²) in [6.07, 6.45) is -4.83. The number of hydrogen-bond donors (Lipinski definition) is 1. The second kappa shape index (κ2) is 9.52. The van der Waals surface area contributed by atoms with E-state index in [4.69, 9.17) is 5.11 Å². The van der Waals surface area contributed by atoms with Crippen LogP contribution in [0.2, 0.25) is 0 Å². The molecule has 0 atom stereocenters. The topological polar surface area (TPSA) is 95.0 Å². The van der Waals surface area contributed by atoms with Gasteiger partial charge < -0.3 is 10.0 Å². The predicted molar refractivity (Wildman–Crippen MR) is 113 cm³/mol. The van der Waals surface area contributed by atoms with Gasteiger partial charge in [0.1, 0.15) is 0 Å². The molecule has 0 saturated carbocycles. The van der Waals surface area contributed by atoms with Crippen molar-refractivity contribution in [3.05, 3.63) is 64.7 Å². The first-order chi connectivity index (χ1) is 15.4. The van der Waals surface area contributed by atoms with Gasteiger partial charge in [0, 0.05) is 26.2 Å². The Morgan fingerprint density at radius 3 is 2.09 bits per heavy atom. The number of amides is 1. The van der Waals surface area contributed by atoms with Gasteiger partial charge in [-0.15, -0.1) is 0 Å². The highest BCUT2D eigenvalue weighted by atomic mass is 32.2. The molecule has 1 aliphatic rings. The zero-order valence-corrected chi connectivity index (χ0v) is 18.6. The van der Waals surface area contributed by atoms with E-state index in [1.54, 1.807) is 13.0 Å². The average molecular weight is 484 g/mol. The molecule has 1 heterocycles. The standard InChI is InChI=1S/C22H23F3N2O5S/c1-15-10-17(14-21(29)30)12-19(11-15)33(31,32)27-8-6-26(7-9-27)20(28)13-16-2-4-18(5-3-16)22(23,24)25/h2-5,10-12H,6-9,13-14H2,1H3,(H,29,30). The van der Waals surface area contributed by atoms with E-state index in [-0.39, 0.29) is 49.8 Å². The minimum Gasteiger partial charge on any atom is -0.481 e. The number of carbonyl (C=O) groups is 2. The van der Waals surface area contributed by atoms with Gasteiger partial charge in [0.15, 0.2) is 0 Å². The highest BCUT2D eigenvalue weighted by Gasteiger charge is 2.32. The van der Waals surface area contributed by atoms with Gasteiger partial charge in [0.05, 0.1) is 23.3 Å². The maximum absolute atomic E-state index is 13.0. The molecule has 1 saturated heterocycles. The maximum Gasteiger partial charge on any atom is 0.416 e. The normalized spacial score (nSPS) is 15.5. The lowest BCUT2D eigenvalue weighted by Crippen LogP contribution is -2.50. The van der Waals surface area contributed by atoms with Crippen LogP contribution in [-0.2, 0) is 38.6 Å². The number of carbonyl (C=O) groups excluding carboxylic acids is 1. The molecule has 1 N–H and O–H groups in total. The van der Waals surface area contributed by atoms with Crippen LogP contribution in [0, 0.1) is 6.92 Å². The Morgan fingerprint density at radius 2 is 1.55 bits per heavy atom. The third kappa shape index (κ3) is 6.11. The molecule has 7 nitrogen and oxygen atoms in total. The van der Waals surface area contributed by atoms with E-state index in [1.165, 1.54) is 33.5 Å². The summed E-state index contributed by atoms with van der Waals surface area (Å²) in [4.78, 5) is 25.0. The number of carboxylic acid groups (broad SMARTS) is 1. The van der Waals surface area contributed by atoms with Crippen LogP contribution in [0.15, 0.2) is 47.4 Å². The summed E-state index contributed by atoms with van der Waals surface area (Å²) in [6, 6.07) is 8.80. The Morgan fingerprint density at radius 1 is 0.939 bits per heavy atom. The Kier molecular flexibility index (Phi) is 7.13. The lowest BCUT2D eigenvalue weighted by molar-refractivity contribution is -0.138. The van der Waals surface area contributed by atoms with E-state index in [0.717, 1.165) is 12.1 Å². The van der Waals surface area contributed by atoms with Crippen LogP contribution in [0.1, 0.15) is 22.3 Å². The van der Waals surface area contributed by atoms with E-state index in [0.29, 0.717) is 16.7 Å². The Hall–Kier alpha value is -2.92. The lowest BCUT2D eigenvalue weighted by Gasteiger charge is -2.34. The predicted octanol–water partition coefficient (Wildman–Crippen LogP) is 2.72. The van der Waals surface area contributed by atoms with Crippen molar-refractivity contribution in [1.29, 1.82) is 0 Å². The van der Waals surface area contributed by atoms with Crippen LogP contribution in [0.25, 0.3) is 0 Å². The van der Waals surface area contributed by atoms with Gasteiger partial charge >= 0.3 is 12.1 Å². The van der Waals surface area contributed by atoms with E-state index < -0.39 is 27.7 Å². The van der Waals surface area contributed by atoms with E-state index in [1.807, 2.05) is 0 Å². The highest BCUT2D eigenvalue weighted by molar-refractivity contribution is 7.89. The van der Waals surface area contributed by atoms with Crippen molar-refractivity contribution in [3.63, 3.8) is 0 Å². The number of sulfonamides is 1. The summed E-state index contributed by atoms with van der Waals surface area (Å²) in [6.45, 7) is 2.09. The monoisotopic (exact) mass is 484 g/mol. The van der Waals surface area contributed by atoms with Crippen LogP contribution in [0.4, 0.5) is 13.2 Å². The zero-order chi connectivity index (χ0) is 24.4. The number of rotatable bonds is 6. The molecule has 3 rings (SSSR count). The summed E-state index contributed by atoms with van der Waals surface area (Å²) in [5, 5.41) is 8.99. The van der Waals surface area contributed by atoms with Gasteiger partial charge in [0.2, 0.25) is 15.9 Å². The van der Waals surface area contributed by atoms with Gasteiger partial charge in [-0.05, 0) is 47.9 Å². The fraction of sp³-hybridized carbons (Fsp3) is 0.364. The van der Waals surface area contributed by atoms with Crippen molar-refractivity contribution < 1.29 is 36.3 Å². The minimum atomic E-state index is -4.45. The van der Waals surface area contributed by atoms with Crippen LogP contribution in [0.3, 0.4) is 0 Å². The van der Waals surface area contributed by atoms with Crippen molar-refractivity contribution in [2.45, 2.75) is 30.8 Å². The SMILES string of the molecule is Cc1cc(CC(=O)O)cc(S(=O)(=O)N2CCN(C(=O)Cc3ccc(C(F)(F)F)cc3)CC2)c1. The number of hydrogen-bond acceptors (Lipinski definition) is 4. The molecule has 0 aliphatic carbocycles. The molecule has 178 valence electrons. The van der Waals surface area contributed by atoms with E-state index in [9.17, 15) is 31.2 Å². The first-order valence-electron chi connectivity index (χ1n) is 10.1. The highest BCUT2D eigenvalue weighted by Crippen LogP contribution is 2.29. The third-order valence-corrected chi connectivity index (χ3v) is 7.21. The van der Waals surface area contributed by atoms with Gasteiger partial charge in [-0.3, -0.25) is 9.59 Å². The molecule has 33 heavy (non-hydrogen) atoms. The van der Waals surface area contributed by atoms with Gasteiger partial charge in [-0.1, -0.05) is 18.2 Å². The molecular weight excluding hydrogens is 461 g/mol. The summed E-state index contributed by atoms with van der Waals surface area (Å²) in [5.41, 5.74) is 0.651. The summed E-state index contributed by atoms with van der Waals surface area (Å²) in [5.74, 6) is -1.37. The number of nitrogens with zero attached hydrogens (tertiary/aromatic N) is 2.